The lowest BCUT2D eigenvalue weighted by Crippen LogP contribution is -2.41. The fourth-order valence-electron chi connectivity index (χ4n) is 3.20. The maximum Gasteiger partial charge on any atom is 0.142 e. The Morgan fingerprint density at radius 3 is 2.61 bits per heavy atom. The van der Waals surface area contributed by atoms with Gasteiger partial charge in [0.05, 0.1) is 5.02 Å². The quantitative estimate of drug-likeness (QED) is 0.866. The first-order valence-electron chi connectivity index (χ1n) is 6.77. The zero-order valence-corrected chi connectivity index (χ0v) is 11.6. The molecule has 100 valence electrons. The lowest BCUT2D eigenvalue weighted by atomic mass is 9.74. The summed E-state index contributed by atoms with van der Waals surface area (Å²) >= 11 is 5.69. The van der Waals surface area contributed by atoms with Crippen molar-refractivity contribution in [2.45, 2.75) is 51.5 Å². The zero-order valence-electron chi connectivity index (χ0n) is 10.9. The van der Waals surface area contributed by atoms with Crippen LogP contribution in [0.15, 0.2) is 18.2 Å². The Bertz CT molecular complexity index is 413. The van der Waals surface area contributed by atoms with Gasteiger partial charge >= 0.3 is 0 Å². The van der Waals surface area contributed by atoms with Crippen molar-refractivity contribution in [2.75, 3.05) is 0 Å². The summed E-state index contributed by atoms with van der Waals surface area (Å²) in [6.07, 6.45) is 6.82. The number of nitrogens with two attached hydrogens (primary N) is 1. The van der Waals surface area contributed by atoms with Crippen LogP contribution in [0.1, 0.15) is 44.6 Å². The molecule has 1 aliphatic rings. The average Bonchev–Trinajstić information content (AvgIpc) is 2.84. The maximum absolute atomic E-state index is 13.4. The number of halogens is 2. The van der Waals surface area contributed by atoms with Gasteiger partial charge in [0.15, 0.2) is 0 Å². The highest BCUT2D eigenvalue weighted by atomic mass is 35.5. The molecule has 0 radical (unpaired) electrons. The molecule has 0 heterocycles. The molecular weight excluding hydrogens is 249 g/mol. The molecule has 0 bridgehead atoms. The highest BCUT2D eigenvalue weighted by molar-refractivity contribution is 6.30. The van der Waals surface area contributed by atoms with E-state index in [1.807, 2.05) is 6.07 Å². The van der Waals surface area contributed by atoms with Gasteiger partial charge in [-0.05, 0) is 48.8 Å². The van der Waals surface area contributed by atoms with Crippen LogP contribution < -0.4 is 5.73 Å². The number of benzene rings is 1. The van der Waals surface area contributed by atoms with Gasteiger partial charge in [0.25, 0.3) is 0 Å². The third-order valence-corrected chi connectivity index (χ3v) is 4.84. The van der Waals surface area contributed by atoms with Gasteiger partial charge in [-0.3, -0.25) is 0 Å². The van der Waals surface area contributed by atoms with Gasteiger partial charge in [0, 0.05) is 6.04 Å². The van der Waals surface area contributed by atoms with Gasteiger partial charge in [-0.15, -0.1) is 0 Å². The van der Waals surface area contributed by atoms with Crippen LogP contribution in [0.4, 0.5) is 4.39 Å². The molecule has 0 amide bonds. The zero-order chi connectivity index (χ0) is 13.2. The normalized spacial score (nSPS) is 20.0. The van der Waals surface area contributed by atoms with Crippen LogP contribution in [0, 0.1) is 11.2 Å². The van der Waals surface area contributed by atoms with Crippen molar-refractivity contribution >= 4 is 11.6 Å². The van der Waals surface area contributed by atoms with Crippen LogP contribution in [0.25, 0.3) is 0 Å². The second-order valence-corrected chi connectivity index (χ2v) is 5.89. The summed E-state index contributed by atoms with van der Waals surface area (Å²) in [4.78, 5) is 0. The molecule has 0 spiro atoms. The second-order valence-electron chi connectivity index (χ2n) is 5.48. The van der Waals surface area contributed by atoms with E-state index in [9.17, 15) is 4.39 Å². The Morgan fingerprint density at radius 1 is 1.39 bits per heavy atom. The molecule has 1 aromatic carbocycles. The Morgan fingerprint density at radius 2 is 2.06 bits per heavy atom. The van der Waals surface area contributed by atoms with Crippen molar-refractivity contribution < 1.29 is 4.39 Å². The average molecular weight is 270 g/mol. The van der Waals surface area contributed by atoms with Crippen molar-refractivity contribution in [3.05, 3.63) is 34.6 Å². The Kier molecular flexibility index (Phi) is 4.29. The molecule has 1 atom stereocenters. The number of hydrogen-bond acceptors (Lipinski definition) is 1. The van der Waals surface area contributed by atoms with Gasteiger partial charge in [-0.2, -0.15) is 0 Å². The van der Waals surface area contributed by atoms with Crippen LogP contribution in [0.3, 0.4) is 0 Å². The number of rotatable bonds is 4. The lowest BCUT2D eigenvalue weighted by Gasteiger charge is -2.34. The van der Waals surface area contributed by atoms with E-state index in [0.717, 1.165) is 18.4 Å². The van der Waals surface area contributed by atoms with Crippen molar-refractivity contribution in [3.8, 4) is 0 Å². The number of hydrogen-bond donors (Lipinski definition) is 1. The van der Waals surface area contributed by atoms with Gasteiger partial charge in [-0.1, -0.05) is 37.4 Å². The molecule has 1 aliphatic carbocycles. The molecule has 0 aromatic heterocycles. The summed E-state index contributed by atoms with van der Waals surface area (Å²) in [6, 6.07) is 5.13. The minimum atomic E-state index is -0.349. The van der Waals surface area contributed by atoms with Gasteiger partial charge in [-0.25, -0.2) is 4.39 Å². The van der Waals surface area contributed by atoms with Crippen LogP contribution in [0.2, 0.25) is 5.02 Å². The summed E-state index contributed by atoms with van der Waals surface area (Å²) in [5.74, 6) is -0.349. The molecule has 1 saturated carbocycles. The van der Waals surface area contributed by atoms with E-state index in [2.05, 4.69) is 6.92 Å². The first-order chi connectivity index (χ1) is 8.57. The molecule has 3 heteroatoms. The van der Waals surface area contributed by atoms with E-state index >= 15 is 0 Å². The molecule has 18 heavy (non-hydrogen) atoms. The third kappa shape index (κ3) is 2.70. The summed E-state index contributed by atoms with van der Waals surface area (Å²) in [5.41, 5.74) is 7.60. The smallest absolute Gasteiger partial charge is 0.142 e. The highest BCUT2D eigenvalue weighted by Gasteiger charge is 2.37. The lowest BCUT2D eigenvalue weighted by molar-refractivity contribution is 0.218. The monoisotopic (exact) mass is 269 g/mol. The Labute approximate surface area is 114 Å². The molecule has 1 nitrogen and oxygen atoms in total. The van der Waals surface area contributed by atoms with E-state index in [1.165, 1.54) is 31.7 Å². The largest absolute Gasteiger partial charge is 0.327 e. The van der Waals surface area contributed by atoms with Crippen LogP contribution >= 0.6 is 11.6 Å². The first-order valence-corrected chi connectivity index (χ1v) is 7.15. The summed E-state index contributed by atoms with van der Waals surface area (Å²) < 4.78 is 13.4. The highest BCUT2D eigenvalue weighted by Crippen LogP contribution is 2.44. The SMILES string of the molecule is CCC1(C(N)Cc2ccc(Cl)c(F)c2)CCCC1. The molecule has 2 N–H and O–H groups in total. The minimum Gasteiger partial charge on any atom is -0.327 e. The van der Waals surface area contributed by atoms with Gasteiger partial charge in [0.2, 0.25) is 0 Å². The summed E-state index contributed by atoms with van der Waals surface area (Å²) in [5, 5.41) is 0.179. The first kappa shape index (κ1) is 13.8. The Balaban J connectivity index is 2.10. The van der Waals surface area contributed by atoms with Crippen molar-refractivity contribution in [2.24, 2.45) is 11.1 Å². The minimum absolute atomic E-state index is 0.116. The van der Waals surface area contributed by atoms with E-state index in [1.54, 1.807) is 6.07 Å². The maximum atomic E-state index is 13.4. The van der Waals surface area contributed by atoms with E-state index in [-0.39, 0.29) is 22.3 Å². The van der Waals surface area contributed by atoms with Gasteiger partial charge in [0.1, 0.15) is 5.82 Å². The standard InChI is InChI=1S/C15H21ClFN/c1-2-15(7-3-4-8-15)14(18)10-11-5-6-12(16)13(17)9-11/h5-6,9,14H,2-4,7-8,10,18H2,1H3. The van der Waals surface area contributed by atoms with Crippen LogP contribution in [0.5, 0.6) is 0 Å². The topological polar surface area (TPSA) is 26.0 Å². The molecule has 1 fully saturated rings. The van der Waals surface area contributed by atoms with Crippen molar-refractivity contribution in [1.82, 2.24) is 0 Å². The molecule has 1 unspecified atom stereocenters. The summed E-state index contributed by atoms with van der Waals surface area (Å²) in [7, 11) is 0. The van der Waals surface area contributed by atoms with Crippen LogP contribution in [-0.4, -0.2) is 6.04 Å². The van der Waals surface area contributed by atoms with Crippen molar-refractivity contribution in [1.29, 1.82) is 0 Å². The summed E-state index contributed by atoms with van der Waals surface area (Å²) in [6.45, 7) is 2.22. The Hall–Kier alpha value is -0.600. The second kappa shape index (κ2) is 5.58. The molecular formula is C15H21ClFN. The van der Waals surface area contributed by atoms with Crippen molar-refractivity contribution in [3.63, 3.8) is 0 Å². The molecule has 2 rings (SSSR count). The molecule has 0 aliphatic heterocycles. The third-order valence-electron chi connectivity index (χ3n) is 4.53. The predicted molar refractivity (Wildman–Crippen MR) is 74.3 cm³/mol. The predicted octanol–water partition coefficient (Wildman–Crippen LogP) is 4.32. The molecule has 1 aromatic rings. The fraction of sp³-hybridized carbons (Fsp3) is 0.600. The van der Waals surface area contributed by atoms with Crippen LogP contribution in [-0.2, 0) is 6.42 Å². The van der Waals surface area contributed by atoms with E-state index in [0.29, 0.717) is 0 Å². The van der Waals surface area contributed by atoms with E-state index < -0.39 is 0 Å². The fourth-order valence-corrected chi connectivity index (χ4v) is 3.32. The van der Waals surface area contributed by atoms with E-state index in [4.69, 9.17) is 17.3 Å². The molecule has 0 saturated heterocycles. The van der Waals surface area contributed by atoms with Gasteiger partial charge < -0.3 is 5.73 Å².